The lowest BCUT2D eigenvalue weighted by molar-refractivity contribution is -0.155. The molecule has 6 heteroatoms. The molecule has 0 aromatic rings. The average molecular weight is 218 g/mol. The van der Waals surface area contributed by atoms with E-state index < -0.39 is 17.6 Å². The highest BCUT2D eigenvalue weighted by molar-refractivity contribution is 5.79. The van der Waals surface area contributed by atoms with E-state index in [0.717, 1.165) is 6.92 Å². The van der Waals surface area contributed by atoms with E-state index >= 15 is 0 Å². The molecule has 0 aliphatic rings. The molecule has 0 aromatic carbocycles. The van der Waals surface area contributed by atoms with Gasteiger partial charge in [-0.3, -0.25) is 0 Å². The van der Waals surface area contributed by atoms with Crippen molar-refractivity contribution in [2.75, 3.05) is 13.1 Å². The van der Waals surface area contributed by atoms with Crippen molar-refractivity contribution in [3.05, 3.63) is 0 Å². The zero-order valence-electron chi connectivity index (χ0n) is 9.20. The molecule has 1 atom stereocenters. The number of rotatable bonds is 5. The molecule has 4 N–H and O–H groups in total. The Balaban J connectivity index is 3.85. The first-order valence-electron chi connectivity index (χ1n) is 4.73. The van der Waals surface area contributed by atoms with Crippen LogP contribution in [0.3, 0.4) is 0 Å². The summed E-state index contributed by atoms with van der Waals surface area (Å²) in [7, 11) is 0. The largest absolute Gasteiger partial charge is 0.479 e. The molecule has 0 saturated heterocycles. The first-order chi connectivity index (χ1) is 6.75. The fourth-order valence-corrected chi connectivity index (χ4v) is 0.687. The van der Waals surface area contributed by atoms with E-state index in [2.05, 4.69) is 10.6 Å². The Morgan fingerprint density at radius 1 is 1.33 bits per heavy atom. The molecule has 0 aromatic heterocycles. The molecule has 2 amide bonds. The lowest BCUT2D eigenvalue weighted by Gasteiger charge is -2.18. The predicted molar refractivity (Wildman–Crippen MR) is 54.5 cm³/mol. The number of aliphatic carboxylic acids is 1. The number of carboxylic acids is 1. The second kappa shape index (κ2) is 5.55. The van der Waals surface area contributed by atoms with Crippen LogP contribution in [0.1, 0.15) is 20.8 Å². The molecule has 0 heterocycles. The van der Waals surface area contributed by atoms with E-state index in [1.165, 1.54) is 0 Å². The van der Waals surface area contributed by atoms with Crippen molar-refractivity contribution in [3.63, 3.8) is 0 Å². The summed E-state index contributed by atoms with van der Waals surface area (Å²) in [5.74, 6) is -1.05. The summed E-state index contributed by atoms with van der Waals surface area (Å²) in [6.45, 7) is 5.17. The number of carbonyl (C=O) groups is 2. The molecule has 6 nitrogen and oxygen atoms in total. The van der Waals surface area contributed by atoms with Crippen molar-refractivity contribution in [2.24, 2.45) is 5.92 Å². The highest BCUT2D eigenvalue weighted by Gasteiger charge is 2.30. The van der Waals surface area contributed by atoms with Crippen molar-refractivity contribution in [1.29, 1.82) is 0 Å². The van der Waals surface area contributed by atoms with Gasteiger partial charge in [-0.05, 0) is 12.8 Å². The molecule has 0 radical (unpaired) electrons. The summed E-state index contributed by atoms with van der Waals surface area (Å²) < 4.78 is 0. The second-order valence-corrected chi connectivity index (χ2v) is 4.04. The molecule has 0 spiro atoms. The van der Waals surface area contributed by atoms with Gasteiger partial charge in [-0.15, -0.1) is 0 Å². The van der Waals surface area contributed by atoms with Gasteiger partial charge in [0.25, 0.3) is 0 Å². The van der Waals surface area contributed by atoms with Crippen molar-refractivity contribution >= 4 is 12.0 Å². The first kappa shape index (κ1) is 13.7. The number of nitrogens with one attached hydrogen (secondary N) is 2. The fourth-order valence-electron chi connectivity index (χ4n) is 0.687. The number of aliphatic hydroxyl groups is 1. The van der Waals surface area contributed by atoms with Gasteiger partial charge in [-0.1, -0.05) is 13.8 Å². The van der Waals surface area contributed by atoms with E-state index in [4.69, 9.17) is 5.11 Å². The normalized spacial score (nSPS) is 14.5. The Morgan fingerprint density at radius 2 is 1.87 bits per heavy atom. The number of amides is 2. The fraction of sp³-hybridized carbons (Fsp3) is 0.778. The summed E-state index contributed by atoms with van der Waals surface area (Å²) in [6.07, 6.45) is 0. The Morgan fingerprint density at radius 3 is 2.27 bits per heavy atom. The molecule has 0 rings (SSSR count). The summed E-state index contributed by atoms with van der Waals surface area (Å²) >= 11 is 0. The molecule has 0 saturated carbocycles. The van der Waals surface area contributed by atoms with Crippen LogP contribution in [0, 0.1) is 5.92 Å². The molecule has 15 heavy (non-hydrogen) atoms. The molecule has 0 aliphatic carbocycles. The second-order valence-electron chi connectivity index (χ2n) is 4.04. The minimum absolute atomic E-state index is 0.315. The van der Waals surface area contributed by atoms with E-state index in [0.29, 0.717) is 12.5 Å². The lowest BCUT2D eigenvalue weighted by atomic mass is 10.1. The lowest BCUT2D eigenvalue weighted by Crippen LogP contribution is -2.49. The molecule has 1 unspecified atom stereocenters. The van der Waals surface area contributed by atoms with Crippen molar-refractivity contribution in [2.45, 2.75) is 26.4 Å². The van der Waals surface area contributed by atoms with Gasteiger partial charge in [0.15, 0.2) is 5.60 Å². The van der Waals surface area contributed by atoms with Gasteiger partial charge >= 0.3 is 12.0 Å². The van der Waals surface area contributed by atoms with Crippen LogP contribution in [0.15, 0.2) is 0 Å². The molecule has 0 aliphatic heterocycles. The minimum atomic E-state index is -1.94. The summed E-state index contributed by atoms with van der Waals surface area (Å²) in [5.41, 5.74) is -1.94. The Kier molecular flexibility index (Phi) is 5.07. The van der Waals surface area contributed by atoms with Gasteiger partial charge in [0.1, 0.15) is 0 Å². The van der Waals surface area contributed by atoms with Gasteiger partial charge < -0.3 is 20.8 Å². The maximum Gasteiger partial charge on any atom is 0.337 e. The van der Waals surface area contributed by atoms with Crippen LogP contribution in [0.4, 0.5) is 4.79 Å². The van der Waals surface area contributed by atoms with Gasteiger partial charge in [-0.2, -0.15) is 0 Å². The minimum Gasteiger partial charge on any atom is -0.479 e. The zero-order chi connectivity index (χ0) is 12.1. The number of carboxylic acid groups (broad SMARTS) is 1. The van der Waals surface area contributed by atoms with Crippen LogP contribution in [0.5, 0.6) is 0 Å². The smallest absolute Gasteiger partial charge is 0.337 e. The average Bonchev–Trinajstić information content (AvgIpc) is 2.11. The number of hydrogen-bond acceptors (Lipinski definition) is 3. The quantitative estimate of drug-likeness (QED) is 0.512. The number of hydrogen-bond donors (Lipinski definition) is 4. The van der Waals surface area contributed by atoms with Crippen LogP contribution >= 0.6 is 0 Å². The monoisotopic (exact) mass is 218 g/mol. The predicted octanol–water partition coefficient (Wildman–Crippen LogP) is -0.223. The van der Waals surface area contributed by atoms with Crippen LogP contribution in [0.25, 0.3) is 0 Å². The Bertz CT molecular complexity index is 238. The Labute approximate surface area is 88.7 Å². The van der Waals surface area contributed by atoms with Gasteiger partial charge in [0.2, 0.25) is 0 Å². The molecular weight excluding hydrogens is 200 g/mol. The van der Waals surface area contributed by atoms with Crippen molar-refractivity contribution in [1.82, 2.24) is 10.6 Å². The van der Waals surface area contributed by atoms with Crippen LogP contribution in [0.2, 0.25) is 0 Å². The maximum atomic E-state index is 11.1. The first-order valence-corrected chi connectivity index (χ1v) is 4.73. The van der Waals surface area contributed by atoms with Crippen molar-refractivity contribution < 1.29 is 19.8 Å². The van der Waals surface area contributed by atoms with E-state index in [1.54, 1.807) is 0 Å². The molecular formula is C9H18N2O4. The van der Waals surface area contributed by atoms with E-state index in [-0.39, 0.29) is 6.54 Å². The third-order valence-electron chi connectivity index (χ3n) is 1.72. The topological polar surface area (TPSA) is 98.7 Å². The summed E-state index contributed by atoms with van der Waals surface area (Å²) in [4.78, 5) is 21.6. The van der Waals surface area contributed by atoms with Crippen LogP contribution in [-0.4, -0.2) is 40.9 Å². The Hall–Kier alpha value is -1.30. The third-order valence-corrected chi connectivity index (χ3v) is 1.72. The van der Waals surface area contributed by atoms with E-state index in [9.17, 15) is 14.7 Å². The number of urea groups is 1. The highest BCUT2D eigenvalue weighted by Crippen LogP contribution is 2.00. The van der Waals surface area contributed by atoms with Crippen LogP contribution in [-0.2, 0) is 4.79 Å². The molecule has 88 valence electrons. The van der Waals surface area contributed by atoms with Crippen molar-refractivity contribution in [3.8, 4) is 0 Å². The summed E-state index contributed by atoms with van der Waals surface area (Å²) in [6, 6.07) is -0.481. The van der Waals surface area contributed by atoms with Gasteiger partial charge in [0.05, 0.1) is 6.54 Å². The maximum absolute atomic E-state index is 11.1. The molecule has 0 fully saturated rings. The number of carbonyl (C=O) groups excluding carboxylic acids is 1. The van der Waals surface area contributed by atoms with Crippen LogP contribution < -0.4 is 10.6 Å². The highest BCUT2D eigenvalue weighted by atomic mass is 16.4. The SMILES string of the molecule is CC(C)CNC(=O)NCC(C)(O)C(=O)O. The van der Waals surface area contributed by atoms with Gasteiger partial charge in [-0.25, -0.2) is 9.59 Å². The van der Waals surface area contributed by atoms with Gasteiger partial charge in [0, 0.05) is 6.54 Å². The standard InChI is InChI=1S/C9H18N2O4/c1-6(2)4-10-8(14)11-5-9(3,15)7(12)13/h6,15H,4-5H2,1-3H3,(H,12,13)(H2,10,11,14). The van der Waals surface area contributed by atoms with E-state index in [1.807, 2.05) is 13.8 Å². The summed E-state index contributed by atoms with van der Waals surface area (Å²) in [5, 5.41) is 22.6. The molecule has 0 bridgehead atoms. The third kappa shape index (κ3) is 5.90. The zero-order valence-corrected chi connectivity index (χ0v) is 9.20.